The van der Waals surface area contributed by atoms with Crippen LogP contribution in [0.2, 0.25) is 18.1 Å². The minimum atomic E-state index is -1.75. The predicted octanol–water partition coefficient (Wildman–Crippen LogP) is 6.26. The molecule has 0 saturated carbocycles. The molecule has 0 unspecified atom stereocenters. The average molecular weight is 431 g/mol. The Kier molecular flexibility index (Phi) is 7.32. The number of rotatable bonds is 7. The van der Waals surface area contributed by atoms with Crippen molar-refractivity contribution < 1.29 is 9.35 Å². The van der Waals surface area contributed by atoms with Gasteiger partial charge in [-0.3, -0.25) is 10.1 Å². The van der Waals surface area contributed by atoms with Crippen LogP contribution in [0.4, 0.5) is 11.4 Å². The molecule has 0 amide bonds. The van der Waals surface area contributed by atoms with Gasteiger partial charge in [0.05, 0.1) is 4.92 Å². The average Bonchev–Trinajstić information content (AvgIpc) is 2.63. The van der Waals surface area contributed by atoms with E-state index < -0.39 is 13.2 Å². The van der Waals surface area contributed by atoms with Gasteiger partial charge in [-0.2, -0.15) is 0 Å². The number of benzene rings is 2. The first-order valence-corrected chi connectivity index (χ1v) is 13.0. The van der Waals surface area contributed by atoms with Crippen molar-refractivity contribution in [3.8, 4) is 0 Å². The van der Waals surface area contributed by atoms with Gasteiger partial charge >= 0.3 is 0 Å². The number of hydrogen-bond acceptors (Lipinski definition) is 4. The Labute approximate surface area is 179 Å². The Hall–Kier alpha value is -2.09. The third-order valence-corrected chi connectivity index (χ3v) is 10.4. The van der Waals surface area contributed by atoms with Crippen LogP contribution in [-0.4, -0.2) is 24.8 Å². The zero-order valence-corrected chi connectivity index (χ0v) is 19.9. The lowest BCUT2D eigenvalue weighted by atomic mass is 10.1. The predicted molar refractivity (Wildman–Crippen MR) is 126 cm³/mol. The fourth-order valence-corrected chi connectivity index (χ4v) is 3.82. The van der Waals surface area contributed by atoms with Crippen LogP contribution in [0, 0.1) is 17.0 Å². The Balaban J connectivity index is 2.05. The summed E-state index contributed by atoms with van der Waals surface area (Å²) in [6, 6.07) is 12.5. The van der Waals surface area contributed by atoms with E-state index in [0.29, 0.717) is 11.6 Å². The molecule has 0 spiro atoms. The van der Waals surface area contributed by atoms with E-state index in [9.17, 15) is 10.1 Å². The van der Waals surface area contributed by atoms with E-state index in [-0.39, 0.29) is 10.7 Å². The molecule has 0 aromatic heterocycles. The molecule has 0 aliphatic rings. The summed E-state index contributed by atoms with van der Waals surface area (Å²) in [5.74, 6) is 0. The number of nitro benzene ring substituents is 1. The zero-order valence-electron chi connectivity index (χ0n) is 18.0. The summed E-state index contributed by atoms with van der Waals surface area (Å²) < 4.78 is 6.29. The molecule has 0 fully saturated rings. The quantitative estimate of drug-likeness (QED) is 0.243. The van der Waals surface area contributed by atoms with Crippen LogP contribution >= 0.6 is 12.2 Å². The number of non-ortho nitro benzene ring substituents is 1. The number of nitrogens with one attached hydrogen (secondary N) is 1. The second kappa shape index (κ2) is 9.15. The van der Waals surface area contributed by atoms with Gasteiger partial charge in [0.25, 0.3) is 5.69 Å². The smallest absolute Gasteiger partial charge is 0.269 e. The zero-order chi connectivity index (χ0) is 21.8. The number of anilines is 1. The molecule has 7 heteroatoms. The topological polar surface area (TPSA) is 64.4 Å². The molecular formula is C22H30N2O3SSi. The Bertz CT molecular complexity index is 890. The van der Waals surface area contributed by atoms with Crippen molar-refractivity contribution in [2.75, 3.05) is 11.9 Å². The molecule has 156 valence electrons. The molecule has 0 bridgehead atoms. The van der Waals surface area contributed by atoms with Crippen molar-refractivity contribution in [2.45, 2.75) is 52.2 Å². The molecule has 0 atom stereocenters. The minimum absolute atomic E-state index is 0.0523. The highest BCUT2D eigenvalue weighted by Gasteiger charge is 2.36. The SMILES string of the molecule is Cc1ccc(CCO[Si](C)(C)C(C)(C)C)cc1NC(=S)c1ccc([N+](=O)[O-])cc1. The normalized spacial score (nSPS) is 11.9. The fourth-order valence-electron chi connectivity index (χ4n) is 2.53. The van der Waals surface area contributed by atoms with Crippen molar-refractivity contribution in [1.82, 2.24) is 0 Å². The van der Waals surface area contributed by atoms with Crippen molar-refractivity contribution in [3.63, 3.8) is 0 Å². The highest BCUT2D eigenvalue weighted by molar-refractivity contribution is 7.81. The van der Waals surface area contributed by atoms with E-state index in [1.54, 1.807) is 12.1 Å². The van der Waals surface area contributed by atoms with Crippen LogP contribution in [0.5, 0.6) is 0 Å². The van der Waals surface area contributed by atoms with Gasteiger partial charge in [0.2, 0.25) is 0 Å². The van der Waals surface area contributed by atoms with Crippen LogP contribution < -0.4 is 5.32 Å². The summed E-state index contributed by atoms with van der Waals surface area (Å²) in [5.41, 5.74) is 4.01. The van der Waals surface area contributed by atoms with Gasteiger partial charge in [0, 0.05) is 30.0 Å². The van der Waals surface area contributed by atoms with Gasteiger partial charge in [-0.25, -0.2) is 0 Å². The van der Waals surface area contributed by atoms with Crippen LogP contribution in [0.25, 0.3) is 0 Å². The second-order valence-electron chi connectivity index (χ2n) is 8.77. The van der Waals surface area contributed by atoms with E-state index in [4.69, 9.17) is 16.6 Å². The molecule has 1 N–H and O–H groups in total. The van der Waals surface area contributed by atoms with Gasteiger partial charge in [-0.05, 0) is 60.8 Å². The number of nitro groups is 1. The van der Waals surface area contributed by atoms with Gasteiger partial charge in [-0.15, -0.1) is 0 Å². The maximum absolute atomic E-state index is 10.8. The van der Waals surface area contributed by atoms with Crippen LogP contribution in [0.15, 0.2) is 42.5 Å². The summed E-state index contributed by atoms with van der Waals surface area (Å²) in [5, 5.41) is 14.3. The van der Waals surface area contributed by atoms with E-state index in [2.05, 4.69) is 57.4 Å². The third-order valence-electron chi connectivity index (χ3n) is 5.55. The van der Waals surface area contributed by atoms with Gasteiger partial charge in [0.1, 0.15) is 4.99 Å². The number of aryl methyl sites for hydroxylation is 1. The van der Waals surface area contributed by atoms with Crippen molar-refractivity contribution in [2.24, 2.45) is 0 Å². The Morgan fingerprint density at radius 3 is 2.34 bits per heavy atom. The van der Waals surface area contributed by atoms with Crippen molar-refractivity contribution >= 4 is 36.9 Å². The standard InChI is InChI=1S/C22H30N2O3SSi/c1-16-7-8-17(13-14-27-29(5,6)22(2,3)4)15-20(16)23-21(28)18-9-11-19(12-10-18)24(25)26/h7-12,15H,13-14H2,1-6H3,(H,23,28). The molecule has 0 aliphatic heterocycles. The first-order valence-electron chi connectivity index (χ1n) is 9.70. The molecule has 5 nitrogen and oxygen atoms in total. The largest absolute Gasteiger partial charge is 0.416 e. The van der Waals surface area contributed by atoms with E-state index >= 15 is 0 Å². The number of thiocarbonyl (C=S) groups is 1. The summed E-state index contributed by atoms with van der Waals surface area (Å²) in [7, 11) is -1.75. The fraction of sp³-hybridized carbons (Fsp3) is 0.409. The summed E-state index contributed by atoms with van der Waals surface area (Å²) >= 11 is 5.49. The first kappa shape index (κ1) is 23.2. The van der Waals surface area contributed by atoms with Crippen LogP contribution in [0.1, 0.15) is 37.5 Å². The third kappa shape index (κ3) is 6.19. The minimum Gasteiger partial charge on any atom is -0.416 e. The molecule has 29 heavy (non-hydrogen) atoms. The Morgan fingerprint density at radius 2 is 1.79 bits per heavy atom. The van der Waals surface area contributed by atoms with E-state index in [0.717, 1.165) is 23.2 Å². The molecule has 0 aliphatic carbocycles. The molecule has 2 rings (SSSR count). The molecule has 0 saturated heterocycles. The van der Waals surface area contributed by atoms with Gasteiger partial charge in [-0.1, -0.05) is 45.1 Å². The van der Waals surface area contributed by atoms with Crippen LogP contribution in [0.3, 0.4) is 0 Å². The highest BCUT2D eigenvalue weighted by Crippen LogP contribution is 2.36. The highest BCUT2D eigenvalue weighted by atomic mass is 32.1. The maximum Gasteiger partial charge on any atom is 0.269 e. The molecule has 2 aromatic rings. The maximum atomic E-state index is 10.8. The number of nitrogens with zero attached hydrogens (tertiary/aromatic N) is 1. The lowest BCUT2D eigenvalue weighted by Gasteiger charge is -2.36. The summed E-state index contributed by atoms with van der Waals surface area (Å²) in [6.45, 7) is 14.0. The first-order chi connectivity index (χ1) is 13.4. The van der Waals surface area contributed by atoms with Crippen molar-refractivity contribution in [3.05, 3.63) is 69.3 Å². The van der Waals surface area contributed by atoms with Crippen molar-refractivity contribution in [1.29, 1.82) is 0 Å². The van der Waals surface area contributed by atoms with E-state index in [1.807, 2.05) is 6.92 Å². The Morgan fingerprint density at radius 1 is 1.17 bits per heavy atom. The van der Waals surface area contributed by atoms with Gasteiger partial charge in [0.15, 0.2) is 8.32 Å². The molecule has 2 aromatic carbocycles. The lowest BCUT2D eigenvalue weighted by molar-refractivity contribution is -0.384. The molecule has 0 heterocycles. The lowest BCUT2D eigenvalue weighted by Crippen LogP contribution is -2.41. The second-order valence-corrected chi connectivity index (χ2v) is 14.0. The summed E-state index contributed by atoms with van der Waals surface area (Å²) in [4.78, 5) is 10.9. The molecular weight excluding hydrogens is 400 g/mol. The van der Waals surface area contributed by atoms with Gasteiger partial charge < -0.3 is 9.74 Å². The monoisotopic (exact) mass is 430 g/mol. The van der Waals surface area contributed by atoms with E-state index in [1.165, 1.54) is 17.7 Å². The van der Waals surface area contributed by atoms with Crippen LogP contribution in [-0.2, 0) is 10.8 Å². The summed E-state index contributed by atoms with van der Waals surface area (Å²) in [6.07, 6.45) is 0.839. The number of hydrogen-bond donors (Lipinski definition) is 1. The molecule has 0 radical (unpaired) electrons.